The molecule has 5 nitrogen and oxygen atoms in total. The molecule has 0 aliphatic carbocycles. The van der Waals surface area contributed by atoms with Crippen molar-refractivity contribution in [1.29, 1.82) is 0 Å². The lowest BCUT2D eigenvalue weighted by atomic mass is 10.1. The van der Waals surface area contributed by atoms with E-state index < -0.39 is 5.97 Å². The molecule has 1 N–H and O–H groups in total. The number of ether oxygens (including phenoxy) is 1. The van der Waals surface area contributed by atoms with Gasteiger partial charge in [0.15, 0.2) is 0 Å². The van der Waals surface area contributed by atoms with E-state index in [9.17, 15) is 9.59 Å². The van der Waals surface area contributed by atoms with Gasteiger partial charge in [-0.05, 0) is 18.2 Å². The summed E-state index contributed by atoms with van der Waals surface area (Å²) in [6.45, 7) is 0.535. The van der Waals surface area contributed by atoms with Gasteiger partial charge in [-0.25, -0.2) is 0 Å². The molecule has 0 spiro atoms. The van der Waals surface area contributed by atoms with Gasteiger partial charge in [-0.2, -0.15) is 11.8 Å². The average Bonchev–Trinajstić information content (AvgIpc) is 2.46. The van der Waals surface area contributed by atoms with Crippen LogP contribution in [0.25, 0.3) is 0 Å². The van der Waals surface area contributed by atoms with Crippen LogP contribution >= 0.6 is 23.4 Å². The quantitative estimate of drug-likeness (QED) is 0.918. The minimum Gasteiger partial charge on any atom is -0.496 e. The van der Waals surface area contributed by atoms with E-state index in [1.165, 1.54) is 7.11 Å². The van der Waals surface area contributed by atoms with E-state index in [2.05, 4.69) is 0 Å². The molecule has 0 saturated carbocycles. The van der Waals surface area contributed by atoms with Gasteiger partial charge in [0.2, 0.25) is 0 Å². The van der Waals surface area contributed by atoms with Crippen LogP contribution in [0.3, 0.4) is 0 Å². The van der Waals surface area contributed by atoms with E-state index in [1.54, 1.807) is 34.9 Å². The summed E-state index contributed by atoms with van der Waals surface area (Å²) in [6, 6.07) is 4.53. The molecule has 1 fully saturated rings. The summed E-state index contributed by atoms with van der Waals surface area (Å²) >= 11 is 7.56. The largest absolute Gasteiger partial charge is 0.496 e. The van der Waals surface area contributed by atoms with Gasteiger partial charge in [0.05, 0.1) is 25.1 Å². The van der Waals surface area contributed by atoms with E-state index >= 15 is 0 Å². The number of carboxylic acids is 1. The fourth-order valence-electron chi connectivity index (χ4n) is 2.29. The Morgan fingerprint density at radius 1 is 1.52 bits per heavy atom. The topological polar surface area (TPSA) is 66.8 Å². The standard InChI is InChI=1S/C14H16ClNO4S/c1-20-12-6-9(15)2-3-11(12)14(19)16-4-5-21-8-10(16)7-13(17)18/h2-3,6,10H,4-5,7-8H2,1H3,(H,17,18). The summed E-state index contributed by atoms with van der Waals surface area (Å²) in [6.07, 6.45) is -0.0470. The number of methoxy groups -OCH3 is 1. The smallest absolute Gasteiger partial charge is 0.305 e. The number of rotatable bonds is 4. The molecule has 0 aromatic heterocycles. The molecule has 7 heteroatoms. The van der Waals surface area contributed by atoms with Gasteiger partial charge < -0.3 is 14.7 Å². The summed E-state index contributed by atoms with van der Waals surface area (Å²) in [7, 11) is 1.48. The highest BCUT2D eigenvalue weighted by Gasteiger charge is 2.30. The maximum atomic E-state index is 12.7. The molecular formula is C14H16ClNO4S. The van der Waals surface area contributed by atoms with Gasteiger partial charge in [-0.15, -0.1) is 0 Å². The Morgan fingerprint density at radius 3 is 2.95 bits per heavy atom. The third-order valence-electron chi connectivity index (χ3n) is 3.29. The van der Waals surface area contributed by atoms with Crippen molar-refractivity contribution in [1.82, 2.24) is 4.90 Å². The predicted octanol–water partition coefficient (Wildman–Crippen LogP) is 2.38. The number of amides is 1. The summed E-state index contributed by atoms with van der Waals surface area (Å²) in [5, 5.41) is 9.47. The minimum atomic E-state index is -0.900. The fourth-order valence-corrected chi connectivity index (χ4v) is 3.51. The second-order valence-electron chi connectivity index (χ2n) is 4.67. The number of carboxylic acid groups (broad SMARTS) is 1. The van der Waals surface area contributed by atoms with Gasteiger partial charge >= 0.3 is 5.97 Å². The van der Waals surface area contributed by atoms with Gasteiger partial charge in [-0.3, -0.25) is 9.59 Å². The molecule has 21 heavy (non-hydrogen) atoms. The zero-order chi connectivity index (χ0) is 15.4. The van der Waals surface area contributed by atoms with Crippen molar-refractivity contribution < 1.29 is 19.4 Å². The van der Waals surface area contributed by atoms with Gasteiger partial charge in [0.25, 0.3) is 5.91 Å². The van der Waals surface area contributed by atoms with Crippen molar-refractivity contribution in [2.45, 2.75) is 12.5 Å². The third-order valence-corrected chi connectivity index (χ3v) is 4.62. The Morgan fingerprint density at radius 2 is 2.29 bits per heavy atom. The van der Waals surface area contributed by atoms with Crippen LogP contribution in [0.1, 0.15) is 16.8 Å². The molecule has 1 saturated heterocycles. The summed E-state index contributed by atoms with van der Waals surface area (Å²) in [5.41, 5.74) is 0.407. The molecule has 0 radical (unpaired) electrons. The second-order valence-corrected chi connectivity index (χ2v) is 6.26. The molecule has 1 aromatic carbocycles. The maximum absolute atomic E-state index is 12.7. The molecule has 2 rings (SSSR count). The molecule has 114 valence electrons. The normalized spacial score (nSPS) is 18.4. The summed E-state index contributed by atoms with van der Waals surface area (Å²) in [5.74, 6) is 0.726. The van der Waals surface area contributed by atoms with Crippen molar-refractivity contribution in [2.24, 2.45) is 0 Å². The molecular weight excluding hydrogens is 314 g/mol. The van der Waals surface area contributed by atoms with Crippen LogP contribution in [0.5, 0.6) is 5.75 Å². The molecule has 1 aliphatic heterocycles. The molecule has 1 heterocycles. The molecule has 1 aliphatic rings. The lowest BCUT2D eigenvalue weighted by molar-refractivity contribution is -0.138. The first-order valence-electron chi connectivity index (χ1n) is 6.47. The Hall–Kier alpha value is -1.40. The number of benzene rings is 1. The van der Waals surface area contributed by atoms with E-state index in [0.29, 0.717) is 28.6 Å². The van der Waals surface area contributed by atoms with Crippen LogP contribution in [0.4, 0.5) is 0 Å². The number of aliphatic carboxylic acids is 1. The van der Waals surface area contributed by atoms with Crippen LogP contribution in [-0.4, -0.2) is 53.1 Å². The average molecular weight is 330 g/mol. The minimum absolute atomic E-state index is 0.0470. The molecule has 1 amide bonds. The SMILES string of the molecule is COc1cc(Cl)ccc1C(=O)N1CCSCC1CC(=O)O. The predicted molar refractivity (Wildman–Crippen MR) is 82.4 cm³/mol. The Labute approximate surface area is 132 Å². The van der Waals surface area contributed by atoms with Gasteiger partial charge in [0.1, 0.15) is 5.75 Å². The first-order chi connectivity index (χ1) is 10.0. The van der Waals surface area contributed by atoms with Crippen molar-refractivity contribution >= 4 is 35.2 Å². The number of nitrogens with zero attached hydrogens (tertiary/aromatic N) is 1. The number of hydrogen-bond donors (Lipinski definition) is 1. The highest BCUT2D eigenvalue weighted by molar-refractivity contribution is 7.99. The Kier molecular flexibility index (Phi) is 5.36. The lowest BCUT2D eigenvalue weighted by Crippen LogP contribution is -2.47. The van der Waals surface area contributed by atoms with Crippen LogP contribution in [0.15, 0.2) is 18.2 Å². The highest BCUT2D eigenvalue weighted by Crippen LogP contribution is 2.27. The molecule has 0 bridgehead atoms. The molecule has 1 aromatic rings. The second kappa shape index (κ2) is 7.04. The number of halogens is 1. The number of carbonyl (C=O) groups is 2. The van der Waals surface area contributed by atoms with Crippen LogP contribution in [0, 0.1) is 0 Å². The number of thioether (sulfide) groups is 1. The summed E-state index contributed by atoms with van der Waals surface area (Å²) < 4.78 is 5.20. The van der Waals surface area contributed by atoms with Gasteiger partial charge in [0, 0.05) is 23.1 Å². The molecule has 1 unspecified atom stereocenters. The van der Waals surface area contributed by atoms with Gasteiger partial charge in [-0.1, -0.05) is 11.6 Å². The van der Waals surface area contributed by atoms with E-state index in [0.717, 1.165) is 5.75 Å². The van der Waals surface area contributed by atoms with Crippen LogP contribution in [0.2, 0.25) is 5.02 Å². The number of hydrogen-bond acceptors (Lipinski definition) is 4. The Bertz CT molecular complexity index is 552. The van der Waals surface area contributed by atoms with Crippen molar-refractivity contribution in [3.05, 3.63) is 28.8 Å². The Balaban J connectivity index is 2.26. The monoisotopic (exact) mass is 329 g/mol. The zero-order valence-corrected chi connectivity index (χ0v) is 13.1. The summed E-state index contributed by atoms with van der Waals surface area (Å²) in [4.78, 5) is 25.3. The first-order valence-corrected chi connectivity index (χ1v) is 8.00. The van der Waals surface area contributed by atoms with Crippen molar-refractivity contribution in [3.8, 4) is 5.75 Å². The van der Waals surface area contributed by atoms with Crippen LogP contribution < -0.4 is 4.74 Å². The molecule has 1 atom stereocenters. The van der Waals surface area contributed by atoms with E-state index in [-0.39, 0.29) is 18.4 Å². The lowest BCUT2D eigenvalue weighted by Gasteiger charge is -2.35. The zero-order valence-electron chi connectivity index (χ0n) is 11.5. The van der Waals surface area contributed by atoms with Crippen molar-refractivity contribution in [2.75, 3.05) is 25.2 Å². The van der Waals surface area contributed by atoms with E-state index in [1.807, 2.05) is 0 Å². The highest BCUT2D eigenvalue weighted by atomic mass is 35.5. The first kappa shape index (κ1) is 16.0. The number of carbonyl (C=O) groups excluding carboxylic acids is 1. The van der Waals surface area contributed by atoms with Crippen molar-refractivity contribution in [3.63, 3.8) is 0 Å². The maximum Gasteiger partial charge on any atom is 0.305 e. The fraction of sp³-hybridized carbons (Fsp3) is 0.429. The van der Waals surface area contributed by atoms with E-state index in [4.69, 9.17) is 21.4 Å². The van der Waals surface area contributed by atoms with Crippen LogP contribution in [-0.2, 0) is 4.79 Å². The third kappa shape index (κ3) is 3.83.